The number of ether oxygens (including phenoxy) is 1. The molecule has 0 aliphatic carbocycles. The maximum absolute atomic E-state index is 5.63. The first-order valence-corrected chi connectivity index (χ1v) is 5.27. The Morgan fingerprint density at radius 1 is 1.23 bits per heavy atom. The van der Waals surface area contributed by atoms with Crippen LogP contribution < -0.4 is 5.32 Å². The fourth-order valence-corrected chi connectivity index (χ4v) is 2.33. The number of piperidine rings is 1. The largest absolute Gasteiger partial charge is 0.378 e. The van der Waals surface area contributed by atoms with Gasteiger partial charge in [0.15, 0.2) is 0 Å². The third kappa shape index (κ3) is 3.45. The van der Waals surface area contributed by atoms with E-state index in [-0.39, 0.29) is 12.4 Å². The lowest BCUT2D eigenvalue weighted by atomic mass is 9.93. The molecule has 2 rings (SSSR count). The quantitative estimate of drug-likeness (QED) is 0.745. The van der Waals surface area contributed by atoms with Crippen molar-refractivity contribution in [2.45, 2.75) is 38.2 Å². The van der Waals surface area contributed by atoms with Crippen LogP contribution in [0.15, 0.2) is 0 Å². The lowest BCUT2D eigenvalue weighted by molar-refractivity contribution is 0.0853. The molecule has 2 unspecified atom stereocenters. The van der Waals surface area contributed by atoms with E-state index in [1.54, 1.807) is 0 Å². The first-order chi connectivity index (χ1) is 5.95. The highest BCUT2D eigenvalue weighted by molar-refractivity contribution is 5.85. The zero-order valence-corrected chi connectivity index (χ0v) is 8.94. The van der Waals surface area contributed by atoms with Gasteiger partial charge in [0, 0.05) is 6.61 Å². The number of rotatable bonds is 2. The minimum Gasteiger partial charge on any atom is -0.378 e. The summed E-state index contributed by atoms with van der Waals surface area (Å²) in [4.78, 5) is 0. The molecule has 0 aromatic rings. The summed E-state index contributed by atoms with van der Waals surface area (Å²) in [6.07, 6.45) is 7.24. The summed E-state index contributed by atoms with van der Waals surface area (Å²) >= 11 is 0. The SMILES string of the molecule is C1CNCC(CC2CCCO2)C1.Cl. The van der Waals surface area contributed by atoms with Crippen molar-refractivity contribution in [1.29, 1.82) is 0 Å². The van der Waals surface area contributed by atoms with Gasteiger partial charge in [0.1, 0.15) is 0 Å². The van der Waals surface area contributed by atoms with Gasteiger partial charge in [-0.05, 0) is 51.1 Å². The Bertz CT molecular complexity index is 131. The van der Waals surface area contributed by atoms with E-state index in [2.05, 4.69) is 5.32 Å². The van der Waals surface area contributed by atoms with Gasteiger partial charge in [-0.3, -0.25) is 0 Å². The van der Waals surface area contributed by atoms with Gasteiger partial charge in [-0.1, -0.05) is 0 Å². The van der Waals surface area contributed by atoms with Crippen molar-refractivity contribution in [3.63, 3.8) is 0 Å². The Morgan fingerprint density at radius 2 is 2.15 bits per heavy atom. The molecule has 2 heterocycles. The van der Waals surface area contributed by atoms with E-state index in [0.29, 0.717) is 6.10 Å². The highest BCUT2D eigenvalue weighted by Crippen LogP contribution is 2.23. The molecule has 13 heavy (non-hydrogen) atoms. The van der Waals surface area contributed by atoms with Crippen LogP contribution in [0.2, 0.25) is 0 Å². The predicted octanol–water partition coefficient (Wildman–Crippen LogP) is 1.98. The predicted molar refractivity (Wildman–Crippen MR) is 56.4 cm³/mol. The molecule has 2 atom stereocenters. The Morgan fingerprint density at radius 3 is 2.77 bits per heavy atom. The van der Waals surface area contributed by atoms with Crippen LogP contribution in [0, 0.1) is 5.92 Å². The number of hydrogen-bond acceptors (Lipinski definition) is 2. The molecule has 0 saturated carbocycles. The van der Waals surface area contributed by atoms with Gasteiger partial charge in [-0.15, -0.1) is 12.4 Å². The van der Waals surface area contributed by atoms with Crippen LogP contribution in [0.3, 0.4) is 0 Å². The lowest BCUT2D eigenvalue weighted by Crippen LogP contribution is -2.31. The molecule has 0 bridgehead atoms. The van der Waals surface area contributed by atoms with Crippen molar-refractivity contribution in [3.8, 4) is 0 Å². The van der Waals surface area contributed by atoms with E-state index in [9.17, 15) is 0 Å². The van der Waals surface area contributed by atoms with Gasteiger partial charge in [-0.2, -0.15) is 0 Å². The Kier molecular flexibility index (Phi) is 5.07. The monoisotopic (exact) mass is 205 g/mol. The van der Waals surface area contributed by atoms with Crippen LogP contribution in [0.1, 0.15) is 32.1 Å². The van der Waals surface area contributed by atoms with Gasteiger partial charge in [0.25, 0.3) is 0 Å². The van der Waals surface area contributed by atoms with Gasteiger partial charge < -0.3 is 10.1 Å². The molecule has 0 radical (unpaired) electrons. The first kappa shape index (κ1) is 11.3. The summed E-state index contributed by atoms with van der Waals surface area (Å²) in [6.45, 7) is 3.45. The smallest absolute Gasteiger partial charge is 0.0579 e. The van der Waals surface area contributed by atoms with E-state index < -0.39 is 0 Å². The topological polar surface area (TPSA) is 21.3 Å². The number of hydrogen-bond donors (Lipinski definition) is 1. The maximum Gasteiger partial charge on any atom is 0.0579 e. The summed E-state index contributed by atoms with van der Waals surface area (Å²) in [6, 6.07) is 0. The van der Waals surface area contributed by atoms with Crippen molar-refractivity contribution in [1.82, 2.24) is 5.32 Å². The van der Waals surface area contributed by atoms with Crippen molar-refractivity contribution < 1.29 is 4.74 Å². The molecule has 2 saturated heterocycles. The summed E-state index contributed by atoms with van der Waals surface area (Å²) in [5, 5.41) is 3.45. The number of nitrogens with one attached hydrogen (secondary N) is 1. The highest BCUT2D eigenvalue weighted by atomic mass is 35.5. The Hall–Kier alpha value is 0.210. The van der Waals surface area contributed by atoms with Gasteiger partial charge >= 0.3 is 0 Å². The summed E-state index contributed by atoms with van der Waals surface area (Å²) in [5.74, 6) is 0.891. The van der Waals surface area contributed by atoms with E-state index in [0.717, 1.165) is 12.5 Å². The zero-order valence-electron chi connectivity index (χ0n) is 8.13. The van der Waals surface area contributed by atoms with Crippen molar-refractivity contribution in [2.75, 3.05) is 19.7 Å². The lowest BCUT2D eigenvalue weighted by Gasteiger charge is -2.24. The maximum atomic E-state index is 5.63. The third-order valence-corrected chi connectivity index (χ3v) is 3.02. The van der Waals surface area contributed by atoms with Crippen LogP contribution in [0.5, 0.6) is 0 Å². The second-order valence-corrected chi connectivity index (χ2v) is 4.08. The fraction of sp³-hybridized carbons (Fsp3) is 1.00. The second-order valence-electron chi connectivity index (χ2n) is 4.08. The minimum atomic E-state index is 0. The average molecular weight is 206 g/mol. The molecule has 2 aliphatic rings. The van der Waals surface area contributed by atoms with Crippen LogP contribution >= 0.6 is 12.4 Å². The first-order valence-electron chi connectivity index (χ1n) is 5.27. The van der Waals surface area contributed by atoms with Crippen molar-refractivity contribution >= 4 is 12.4 Å². The van der Waals surface area contributed by atoms with Crippen LogP contribution in [0.25, 0.3) is 0 Å². The van der Waals surface area contributed by atoms with Crippen molar-refractivity contribution in [3.05, 3.63) is 0 Å². The van der Waals surface area contributed by atoms with Gasteiger partial charge in [0.2, 0.25) is 0 Å². The molecule has 3 heteroatoms. The van der Waals surface area contributed by atoms with Gasteiger partial charge in [-0.25, -0.2) is 0 Å². The molecular formula is C10H20ClNO. The van der Waals surface area contributed by atoms with Crippen LogP contribution in [-0.4, -0.2) is 25.8 Å². The minimum absolute atomic E-state index is 0. The molecule has 0 spiro atoms. The number of halogens is 1. The van der Waals surface area contributed by atoms with E-state index >= 15 is 0 Å². The average Bonchev–Trinajstić information content (AvgIpc) is 2.59. The van der Waals surface area contributed by atoms with Gasteiger partial charge in [0.05, 0.1) is 6.10 Å². The third-order valence-electron chi connectivity index (χ3n) is 3.02. The Labute approximate surface area is 86.8 Å². The summed E-state index contributed by atoms with van der Waals surface area (Å²) in [7, 11) is 0. The normalized spacial score (nSPS) is 34.2. The van der Waals surface area contributed by atoms with E-state index in [1.807, 2.05) is 0 Å². The molecule has 0 amide bonds. The zero-order chi connectivity index (χ0) is 8.23. The molecule has 0 aromatic heterocycles. The molecule has 2 aliphatic heterocycles. The molecular weight excluding hydrogens is 186 g/mol. The molecule has 78 valence electrons. The van der Waals surface area contributed by atoms with E-state index in [4.69, 9.17) is 4.74 Å². The molecule has 2 fully saturated rings. The van der Waals surface area contributed by atoms with Crippen LogP contribution in [-0.2, 0) is 4.74 Å². The fourth-order valence-electron chi connectivity index (χ4n) is 2.33. The summed E-state index contributed by atoms with van der Waals surface area (Å²) < 4.78 is 5.63. The van der Waals surface area contributed by atoms with Crippen molar-refractivity contribution in [2.24, 2.45) is 5.92 Å². The summed E-state index contributed by atoms with van der Waals surface area (Å²) in [5.41, 5.74) is 0. The standard InChI is InChI=1S/C10H19NO.ClH/c1-3-9(8-11-5-1)7-10-4-2-6-12-10;/h9-11H,1-8H2;1H. The highest BCUT2D eigenvalue weighted by Gasteiger charge is 2.21. The molecule has 0 aromatic carbocycles. The molecule has 1 N–H and O–H groups in total. The van der Waals surface area contributed by atoms with Crippen LogP contribution in [0.4, 0.5) is 0 Å². The second kappa shape index (κ2) is 5.84. The molecule has 2 nitrogen and oxygen atoms in total. The Balaban J connectivity index is 0.000000845. The van der Waals surface area contributed by atoms with E-state index in [1.165, 1.54) is 45.2 Å².